The fraction of sp³-hybridized carbons (Fsp3) is 0.0213. The van der Waals surface area contributed by atoms with Gasteiger partial charge in [0.25, 0.3) is 0 Å². The minimum Gasteiger partial charge on any atom is -0.455 e. The lowest BCUT2D eigenvalue weighted by Gasteiger charge is -2.28. The first-order valence-corrected chi connectivity index (χ1v) is 17.0. The lowest BCUT2D eigenvalue weighted by atomic mass is 10.0. The summed E-state index contributed by atoms with van der Waals surface area (Å²) in [5.41, 5.74) is 10.7. The molecule has 7 aromatic carbocycles. The number of rotatable bonds is 7. The van der Waals surface area contributed by atoms with Gasteiger partial charge in [0.1, 0.15) is 11.2 Å². The Balaban J connectivity index is 1.23. The van der Waals surface area contributed by atoms with Crippen molar-refractivity contribution in [3.05, 3.63) is 188 Å². The average Bonchev–Trinajstić information content (AvgIpc) is 3.73. The van der Waals surface area contributed by atoms with E-state index in [0.717, 1.165) is 55.5 Å². The van der Waals surface area contributed by atoms with Gasteiger partial charge in [-0.25, -0.2) is 0 Å². The number of nitrogens with zero attached hydrogens (tertiary/aromatic N) is 2. The molecule has 0 fully saturated rings. The Morgan fingerprint density at radius 2 is 1.12 bits per heavy atom. The summed E-state index contributed by atoms with van der Waals surface area (Å²) in [6.07, 6.45) is 6.32. The molecule has 0 bridgehead atoms. The molecule has 0 radical (unpaired) electrons. The van der Waals surface area contributed by atoms with Gasteiger partial charge >= 0.3 is 0 Å². The molecule has 50 heavy (non-hydrogen) atoms. The maximum absolute atomic E-state index is 6.48. The van der Waals surface area contributed by atoms with E-state index in [-0.39, 0.29) is 0 Å². The Labute approximate surface area is 290 Å². The molecule has 0 saturated carbocycles. The third kappa shape index (κ3) is 4.83. The zero-order valence-corrected chi connectivity index (χ0v) is 27.8. The lowest BCUT2D eigenvalue weighted by Crippen LogP contribution is -2.15. The summed E-state index contributed by atoms with van der Waals surface area (Å²) >= 11 is 0. The molecule has 3 heteroatoms. The number of furan rings is 1. The number of hydrogen-bond acceptors (Lipinski definition) is 2. The van der Waals surface area contributed by atoms with Crippen LogP contribution in [0.5, 0.6) is 0 Å². The third-order valence-corrected chi connectivity index (χ3v) is 9.75. The first-order chi connectivity index (χ1) is 24.7. The van der Waals surface area contributed by atoms with E-state index < -0.39 is 0 Å². The van der Waals surface area contributed by atoms with Crippen LogP contribution in [0.15, 0.2) is 193 Å². The van der Waals surface area contributed by atoms with Crippen LogP contribution in [0.2, 0.25) is 0 Å². The van der Waals surface area contributed by atoms with E-state index >= 15 is 0 Å². The van der Waals surface area contributed by atoms with Crippen molar-refractivity contribution in [3.8, 4) is 11.1 Å². The number of hydrogen-bond donors (Lipinski definition) is 0. The van der Waals surface area contributed by atoms with E-state index in [1.165, 1.54) is 32.9 Å². The molecule has 2 aromatic heterocycles. The standard InChI is InChI=1S/C47H34N2O/c1-3-35(27-24-32(2)48-43-20-10-7-16-37(43)38-17-8-11-21-44(38)48)49(36-28-25-34(26-29-36)33-14-5-4-6-15-33)45-22-13-19-41-39(45)30-31-42-40-18-9-12-23-46(40)50-47(41)42/h3-31H,1H2,2H3/b32-24+,35-27+. The Bertz CT molecular complexity index is 2720. The van der Waals surface area contributed by atoms with Crippen LogP contribution in [0, 0.1) is 0 Å². The van der Waals surface area contributed by atoms with Gasteiger partial charge in [0, 0.05) is 49.4 Å². The lowest BCUT2D eigenvalue weighted by molar-refractivity contribution is 0.672. The summed E-state index contributed by atoms with van der Waals surface area (Å²) in [4.78, 5) is 2.30. The Kier molecular flexibility index (Phi) is 7.18. The third-order valence-electron chi connectivity index (χ3n) is 9.75. The van der Waals surface area contributed by atoms with E-state index in [1.807, 2.05) is 18.2 Å². The van der Waals surface area contributed by atoms with Gasteiger partial charge in [-0.15, -0.1) is 0 Å². The highest BCUT2D eigenvalue weighted by molar-refractivity contribution is 6.17. The second-order valence-corrected chi connectivity index (χ2v) is 12.6. The number of benzene rings is 7. The number of aromatic nitrogens is 1. The highest BCUT2D eigenvalue weighted by atomic mass is 16.3. The summed E-state index contributed by atoms with van der Waals surface area (Å²) < 4.78 is 8.83. The predicted octanol–water partition coefficient (Wildman–Crippen LogP) is 13.3. The van der Waals surface area contributed by atoms with Crippen LogP contribution in [0.3, 0.4) is 0 Å². The van der Waals surface area contributed by atoms with Gasteiger partial charge < -0.3 is 13.9 Å². The van der Waals surface area contributed by atoms with Gasteiger partial charge in [0.05, 0.1) is 16.7 Å². The van der Waals surface area contributed by atoms with Crippen molar-refractivity contribution in [2.75, 3.05) is 4.90 Å². The second-order valence-electron chi connectivity index (χ2n) is 12.6. The molecule has 0 aliphatic carbocycles. The minimum absolute atomic E-state index is 0.895. The monoisotopic (exact) mass is 642 g/mol. The van der Waals surface area contributed by atoms with Crippen LogP contribution in [-0.2, 0) is 0 Å². The van der Waals surface area contributed by atoms with E-state index in [2.05, 4.69) is 181 Å². The first-order valence-electron chi connectivity index (χ1n) is 17.0. The van der Waals surface area contributed by atoms with Gasteiger partial charge in [0.2, 0.25) is 0 Å². The van der Waals surface area contributed by atoms with Crippen molar-refractivity contribution in [2.45, 2.75) is 6.92 Å². The molecule has 0 atom stereocenters. The summed E-state index contributed by atoms with van der Waals surface area (Å²) in [6.45, 7) is 6.50. The first kappa shape index (κ1) is 29.6. The molecule has 9 aromatic rings. The van der Waals surface area contributed by atoms with Crippen LogP contribution in [-0.4, -0.2) is 4.57 Å². The van der Waals surface area contributed by atoms with Crippen molar-refractivity contribution in [2.24, 2.45) is 0 Å². The number of para-hydroxylation sites is 3. The van der Waals surface area contributed by atoms with Crippen LogP contribution >= 0.6 is 0 Å². The molecule has 3 nitrogen and oxygen atoms in total. The van der Waals surface area contributed by atoms with E-state index in [9.17, 15) is 0 Å². The minimum atomic E-state index is 0.895. The molecule has 0 aliphatic heterocycles. The highest BCUT2D eigenvalue weighted by Crippen LogP contribution is 2.41. The molecule has 0 amide bonds. The maximum Gasteiger partial charge on any atom is 0.143 e. The zero-order chi connectivity index (χ0) is 33.6. The van der Waals surface area contributed by atoms with Crippen molar-refractivity contribution < 1.29 is 4.42 Å². The normalized spacial score (nSPS) is 12.4. The molecule has 2 heterocycles. The zero-order valence-electron chi connectivity index (χ0n) is 27.8. The van der Waals surface area contributed by atoms with E-state index in [4.69, 9.17) is 4.42 Å². The van der Waals surface area contributed by atoms with E-state index in [0.29, 0.717) is 0 Å². The Morgan fingerprint density at radius 1 is 0.540 bits per heavy atom. The van der Waals surface area contributed by atoms with Gasteiger partial charge in [-0.3, -0.25) is 0 Å². The SMILES string of the molecule is C=C/C(=C\C=C(/C)n1c2ccccc2c2ccccc21)N(c1ccc(-c2ccccc2)cc1)c1cccc2c1ccc1c3ccccc3oc21. The molecule has 238 valence electrons. The molecule has 0 saturated heterocycles. The number of anilines is 2. The fourth-order valence-corrected chi connectivity index (χ4v) is 7.40. The van der Waals surface area contributed by atoms with Crippen LogP contribution < -0.4 is 4.90 Å². The average molecular weight is 643 g/mol. The largest absolute Gasteiger partial charge is 0.455 e. The van der Waals surface area contributed by atoms with Crippen molar-refractivity contribution >= 4 is 71.6 Å². The van der Waals surface area contributed by atoms with Gasteiger partial charge in [-0.05, 0) is 78.7 Å². The second kappa shape index (κ2) is 12.1. The summed E-state index contributed by atoms with van der Waals surface area (Å²) in [5, 5.41) is 6.91. The Morgan fingerprint density at radius 3 is 1.84 bits per heavy atom. The van der Waals surface area contributed by atoms with Crippen LogP contribution in [0.4, 0.5) is 11.4 Å². The van der Waals surface area contributed by atoms with Gasteiger partial charge in [-0.2, -0.15) is 0 Å². The topological polar surface area (TPSA) is 21.3 Å². The van der Waals surface area contributed by atoms with Crippen molar-refractivity contribution in [3.63, 3.8) is 0 Å². The molecular formula is C47H34N2O. The number of allylic oxidation sites excluding steroid dienone is 4. The predicted molar refractivity (Wildman–Crippen MR) is 213 cm³/mol. The smallest absolute Gasteiger partial charge is 0.143 e. The summed E-state index contributed by atoms with van der Waals surface area (Å²) in [7, 11) is 0. The fourth-order valence-electron chi connectivity index (χ4n) is 7.40. The molecular weight excluding hydrogens is 609 g/mol. The van der Waals surface area contributed by atoms with Gasteiger partial charge in [0.15, 0.2) is 0 Å². The quantitative estimate of drug-likeness (QED) is 0.161. The maximum atomic E-state index is 6.48. The molecule has 0 unspecified atom stereocenters. The summed E-state index contributed by atoms with van der Waals surface area (Å²) in [6, 6.07) is 55.6. The summed E-state index contributed by atoms with van der Waals surface area (Å²) in [5.74, 6) is 0. The molecule has 0 spiro atoms. The van der Waals surface area contributed by atoms with E-state index in [1.54, 1.807) is 0 Å². The van der Waals surface area contributed by atoms with Gasteiger partial charge in [-0.1, -0.05) is 122 Å². The molecule has 0 aliphatic rings. The van der Waals surface area contributed by atoms with Crippen molar-refractivity contribution in [1.82, 2.24) is 4.57 Å². The van der Waals surface area contributed by atoms with Crippen molar-refractivity contribution in [1.29, 1.82) is 0 Å². The Hall–Kier alpha value is -6.58. The van der Waals surface area contributed by atoms with Crippen LogP contribution in [0.25, 0.3) is 71.3 Å². The molecule has 0 N–H and O–H groups in total. The molecule has 9 rings (SSSR count). The number of fused-ring (bicyclic) bond motifs is 8. The van der Waals surface area contributed by atoms with Crippen LogP contribution in [0.1, 0.15) is 6.92 Å². The highest BCUT2D eigenvalue weighted by Gasteiger charge is 2.19.